The molecule has 1 aliphatic rings. The Hall–Kier alpha value is -4.67. The fraction of sp³-hybridized carbons (Fsp3) is 0. The minimum absolute atomic E-state index is 0.679. The lowest BCUT2D eigenvalue weighted by Crippen LogP contribution is -1.97. The third-order valence-electron chi connectivity index (χ3n) is 7.65. The van der Waals surface area contributed by atoms with Crippen molar-refractivity contribution in [3.8, 4) is 22.6 Å². The average Bonchev–Trinajstić information content (AvgIpc) is 3.38. The van der Waals surface area contributed by atoms with Gasteiger partial charge < -0.3 is 4.42 Å². The number of nitrogens with zero attached hydrogens (tertiary/aromatic N) is 2. The quantitative estimate of drug-likeness (QED) is 0.221. The Labute approximate surface area is 221 Å². The van der Waals surface area contributed by atoms with Crippen LogP contribution in [0.4, 0.5) is 0 Å². The average molecular weight is 503 g/mol. The second-order valence-corrected chi connectivity index (χ2v) is 10.8. The highest BCUT2D eigenvalue weighted by Gasteiger charge is 2.25. The molecule has 1 aliphatic heterocycles. The predicted molar refractivity (Wildman–Crippen MR) is 157 cm³/mol. The van der Waals surface area contributed by atoms with Crippen LogP contribution in [0.3, 0.4) is 0 Å². The van der Waals surface area contributed by atoms with Crippen LogP contribution in [0, 0.1) is 0 Å². The topological polar surface area (TPSA) is 38.9 Å². The van der Waals surface area contributed by atoms with E-state index in [1.807, 2.05) is 17.8 Å². The highest BCUT2D eigenvalue weighted by Crippen LogP contribution is 2.51. The van der Waals surface area contributed by atoms with Crippen molar-refractivity contribution in [2.45, 2.75) is 9.79 Å². The van der Waals surface area contributed by atoms with E-state index in [1.165, 1.54) is 25.9 Å². The fourth-order valence-electron chi connectivity index (χ4n) is 5.94. The van der Waals surface area contributed by atoms with Crippen molar-refractivity contribution in [1.29, 1.82) is 0 Å². The normalized spacial score (nSPS) is 12.6. The molecule has 0 fully saturated rings. The minimum Gasteiger partial charge on any atom is -0.455 e. The number of benzene rings is 6. The number of hydrogen-bond acceptors (Lipinski definition) is 4. The van der Waals surface area contributed by atoms with E-state index in [0.29, 0.717) is 5.82 Å². The molecule has 6 aromatic carbocycles. The van der Waals surface area contributed by atoms with Gasteiger partial charge in [0.2, 0.25) is 0 Å². The van der Waals surface area contributed by atoms with E-state index < -0.39 is 0 Å². The van der Waals surface area contributed by atoms with E-state index in [2.05, 4.69) is 103 Å². The Morgan fingerprint density at radius 1 is 0.553 bits per heavy atom. The van der Waals surface area contributed by atoms with Crippen molar-refractivity contribution in [2.75, 3.05) is 0 Å². The summed E-state index contributed by atoms with van der Waals surface area (Å²) < 4.78 is 6.61. The summed E-state index contributed by atoms with van der Waals surface area (Å²) in [5.41, 5.74) is 5.63. The number of fused-ring (bicyclic) bond motifs is 3. The largest absolute Gasteiger partial charge is 0.455 e. The first-order chi connectivity index (χ1) is 18.8. The molecular formula is C34H18N2OS. The monoisotopic (exact) mass is 502 g/mol. The van der Waals surface area contributed by atoms with Gasteiger partial charge in [-0.3, -0.25) is 0 Å². The lowest BCUT2D eigenvalue weighted by Gasteiger charge is -2.15. The van der Waals surface area contributed by atoms with Crippen LogP contribution < -0.4 is 0 Å². The van der Waals surface area contributed by atoms with Crippen molar-refractivity contribution in [2.24, 2.45) is 0 Å². The molecule has 4 heteroatoms. The molecule has 0 amide bonds. The summed E-state index contributed by atoms with van der Waals surface area (Å²) >= 11 is 1.81. The van der Waals surface area contributed by atoms with Gasteiger partial charge >= 0.3 is 0 Å². The molecule has 0 saturated carbocycles. The maximum Gasteiger partial charge on any atom is 0.164 e. The smallest absolute Gasteiger partial charge is 0.164 e. The SMILES string of the molecule is c1ccc(-c2nc(-c3ccc4c5c3oc3ccc6cccc(c6c35)S4)nc3c2ccc2ccccc23)cc1. The standard InChI is InChI=1S/C34H18N2OS/c1-2-8-21(9-3-1)31-23-15-13-19-7-4-5-11-22(19)32(23)36-34(35-31)24-16-18-27-30-29-25(37-33(24)30)17-14-20-10-6-12-26(38-27)28(20)29/h1-18H. The molecule has 9 rings (SSSR count). The molecule has 176 valence electrons. The van der Waals surface area contributed by atoms with Gasteiger partial charge in [0.1, 0.15) is 11.2 Å². The van der Waals surface area contributed by atoms with Crippen LogP contribution in [0.15, 0.2) is 123 Å². The fourth-order valence-corrected chi connectivity index (χ4v) is 7.08. The molecule has 8 aromatic rings. The van der Waals surface area contributed by atoms with Gasteiger partial charge in [0.05, 0.1) is 16.8 Å². The van der Waals surface area contributed by atoms with E-state index in [4.69, 9.17) is 14.4 Å². The summed E-state index contributed by atoms with van der Waals surface area (Å²) in [4.78, 5) is 12.9. The molecular weight excluding hydrogens is 484 g/mol. The van der Waals surface area contributed by atoms with E-state index in [0.717, 1.165) is 55.0 Å². The zero-order chi connectivity index (χ0) is 24.8. The van der Waals surface area contributed by atoms with Crippen LogP contribution in [0.5, 0.6) is 0 Å². The van der Waals surface area contributed by atoms with Crippen molar-refractivity contribution >= 4 is 66.1 Å². The Morgan fingerprint density at radius 2 is 1.37 bits per heavy atom. The number of hydrogen-bond donors (Lipinski definition) is 0. The second-order valence-electron chi connectivity index (χ2n) is 9.76. The zero-order valence-corrected chi connectivity index (χ0v) is 20.9. The summed E-state index contributed by atoms with van der Waals surface area (Å²) in [6.07, 6.45) is 0. The molecule has 0 spiro atoms. The number of aromatic nitrogens is 2. The molecule has 0 N–H and O–H groups in total. The molecule has 0 unspecified atom stereocenters. The number of furan rings is 1. The molecule has 0 saturated heterocycles. The first kappa shape index (κ1) is 20.4. The summed E-state index contributed by atoms with van der Waals surface area (Å²) in [5.74, 6) is 0.679. The van der Waals surface area contributed by atoms with E-state index in [-0.39, 0.29) is 0 Å². The van der Waals surface area contributed by atoms with Gasteiger partial charge in [-0.2, -0.15) is 0 Å². The van der Waals surface area contributed by atoms with Gasteiger partial charge in [-0.25, -0.2) is 9.97 Å². The highest BCUT2D eigenvalue weighted by molar-refractivity contribution is 8.00. The molecule has 0 radical (unpaired) electrons. The molecule has 3 nitrogen and oxygen atoms in total. The molecule has 2 aromatic heterocycles. The maximum atomic E-state index is 6.61. The summed E-state index contributed by atoms with van der Waals surface area (Å²) in [7, 11) is 0. The second kappa shape index (κ2) is 7.44. The van der Waals surface area contributed by atoms with Crippen LogP contribution >= 0.6 is 11.8 Å². The van der Waals surface area contributed by atoms with Crippen molar-refractivity contribution < 1.29 is 4.42 Å². The minimum atomic E-state index is 0.679. The first-order valence-electron chi connectivity index (χ1n) is 12.7. The zero-order valence-electron chi connectivity index (χ0n) is 20.1. The summed E-state index contributed by atoms with van der Waals surface area (Å²) in [5, 5.41) is 8.19. The van der Waals surface area contributed by atoms with Crippen LogP contribution in [-0.4, -0.2) is 9.97 Å². The predicted octanol–water partition coefficient (Wildman–Crippen LogP) is 9.63. The third-order valence-corrected chi connectivity index (χ3v) is 8.77. The van der Waals surface area contributed by atoms with Crippen molar-refractivity contribution in [3.63, 3.8) is 0 Å². The van der Waals surface area contributed by atoms with Crippen molar-refractivity contribution in [1.82, 2.24) is 9.97 Å². The Morgan fingerprint density at radius 3 is 2.32 bits per heavy atom. The van der Waals surface area contributed by atoms with Crippen LogP contribution in [0.25, 0.3) is 77.0 Å². The van der Waals surface area contributed by atoms with E-state index in [9.17, 15) is 0 Å². The molecule has 38 heavy (non-hydrogen) atoms. The lowest BCUT2D eigenvalue weighted by molar-refractivity contribution is 0.669. The van der Waals surface area contributed by atoms with Gasteiger partial charge in [-0.1, -0.05) is 90.6 Å². The highest BCUT2D eigenvalue weighted by atomic mass is 32.2. The van der Waals surface area contributed by atoms with E-state index >= 15 is 0 Å². The van der Waals surface area contributed by atoms with Crippen LogP contribution in [0.1, 0.15) is 0 Å². The van der Waals surface area contributed by atoms with E-state index in [1.54, 1.807) is 0 Å². The Balaban J connectivity index is 1.42. The molecule has 3 heterocycles. The van der Waals surface area contributed by atoms with Gasteiger partial charge in [-0.05, 0) is 41.1 Å². The summed E-state index contributed by atoms with van der Waals surface area (Å²) in [6, 6.07) is 38.2. The van der Waals surface area contributed by atoms with Crippen molar-refractivity contribution in [3.05, 3.63) is 109 Å². The lowest BCUT2D eigenvalue weighted by atomic mass is 10.00. The third kappa shape index (κ3) is 2.70. The molecule has 0 atom stereocenters. The van der Waals surface area contributed by atoms with Gasteiger partial charge in [0.25, 0.3) is 0 Å². The first-order valence-corrected chi connectivity index (χ1v) is 13.5. The number of rotatable bonds is 2. The molecule has 0 bridgehead atoms. The maximum absolute atomic E-state index is 6.61. The Bertz CT molecular complexity index is 2270. The molecule has 0 aliphatic carbocycles. The summed E-state index contributed by atoms with van der Waals surface area (Å²) in [6.45, 7) is 0. The Kier molecular flexibility index (Phi) is 3.99. The van der Waals surface area contributed by atoms with Crippen LogP contribution in [0.2, 0.25) is 0 Å². The van der Waals surface area contributed by atoms with Gasteiger partial charge in [-0.15, -0.1) is 0 Å². The van der Waals surface area contributed by atoms with Crippen LogP contribution in [-0.2, 0) is 0 Å². The van der Waals surface area contributed by atoms with Gasteiger partial charge in [0.15, 0.2) is 5.82 Å². The van der Waals surface area contributed by atoms with Gasteiger partial charge in [0, 0.05) is 42.3 Å².